The predicted octanol–water partition coefficient (Wildman–Crippen LogP) is 2.64. The number of hydrogen-bond donors (Lipinski definition) is 1. The van der Waals surface area contributed by atoms with Crippen molar-refractivity contribution in [1.82, 2.24) is 5.32 Å². The van der Waals surface area contributed by atoms with E-state index in [-0.39, 0.29) is 0 Å². The highest BCUT2D eigenvalue weighted by molar-refractivity contribution is 5.29. The molecule has 1 aromatic rings. The predicted molar refractivity (Wildman–Crippen MR) is 77.7 cm³/mol. The van der Waals surface area contributed by atoms with Crippen LogP contribution in [-0.4, -0.2) is 32.4 Å². The lowest BCUT2D eigenvalue weighted by Gasteiger charge is -2.23. The van der Waals surface area contributed by atoms with E-state index in [9.17, 15) is 0 Å². The van der Waals surface area contributed by atoms with Gasteiger partial charge in [-0.05, 0) is 44.0 Å². The van der Waals surface area contributed by atoms with E-state index in [1.54, 1.807) is 7.11 Å². The number of ether oxygens (including phenoxy) is 2. The van der Waals surface area contributed by atoms with Gasteiger partial charge in [0.25, 0.3) is 0 Å². The van der Waals surface area contributed by atoms with Crippen LogP contribution in [0.4, 0.5) is 0 Å². The van der Waals surface area contributed by atoms with Gasteiger partial charge in [-0.25, -0.2) is 0 Å². The van der Waals surface area contributed by atoms with Crippen LogP contribution in [0.5, 0.6) is 5.75 Å². The molecule has 1 aliphatic heterocycles. The zero-order valence-corrected chi connectivity index (χ0v) is 12.2. The lowest BCUT2D eigenvalue weighted by molar-refractivity contribution is 0.117. The summed E-state index contributed by atoms with van der Waals surface area (Å²) in [6.45, 7) is 6.20. The fourth-order valence-corrected chi connectivity index (χ4v) is 2.85. The molecule has 3 atom stereocenters. The lowest BCUT2D eigenvalue weighted by atomic mass is 9.91. The van der Waals surface area contributed by atoms with Crippen molar-refractivity contribution in [3.05, 3.63) is 29.8 Å². The van der Waals surface area contributed by atoms with Crippen molar-refractivity contribution in [2.75, 3.05) is 20.3 Å². The molecule has 0 aliphatic carbocycles. The molecule has 0 radical (unpaired) electrons. The molecule has 1 aromatic carbocycles. The van der Waals surface area contributed by atoms with Gasteiger partial charge in [0.2, 0.25) is 0 Å². The van der Waals surface area contributed by atoms with Crippen LogP contribution in [0.2, 0.25) is 0 Å². The van der Waals surface area contributed by atoms with Gasteiger partial charge in [0.05, 0.1) is 19.8 Å². The van der Waals surface area contributed by atoms with E-state index in [0.717, 1.165) is 31.7 Å². The van der Waals surface area contributed by atoms with Crippen LogP contribution in [0.25, 0.3) is 0 Å². The van der Waals surface area contributed by atoms with Gasteiger partial charge in [-0.15, -0.1) is 0 Å². The molecule has 3 unspecified atom stereocenters. The van der Waals surface area contributed by atoms with Crippen LogP contribution >= 0.6 is 0 Å². The molecule has 1 heterocycles. The number of rotatable bonds is 6. The molecular formula is C16H25NO2. The van der Waals surface area contributed by atoms with Gasteiger partial charge in [-0.3, -0.25) is 0 Å². The fraction of sp³-hybridized carbons (Fsp3) is 0.625. The first-order chi connectivity index (χ1) is 9.22. The Hall–Kier alpha value is -1.06. The second kappa shape index (κ2) is 6.92. The van der Waals surface area contributed by atoms with Crippen LogP contribution in [0.3, 0.4) is 0 Å². The van der Waals surface area contributed by atoms with Crippen molar-refractivity contribution < 1.29 is 9.47 Å². The summed E-state index contributed by atoms with van der Waals surface area (Å²) in [5.41, 5.74) is 1.32. The van der Waals surface area contributed by atoms with Gasteiger partial charge >= 0.3 is 0 Å². The molecule has 1 aliphatic rings. The molecule has 19 heavy (non-hydrogen) atoms. The van der Waals surface area contributed by atoms with Crippen LogP contribution < -0.4 is 10.1 Å². The first kappa shape index (κ1) is 14.4. The number of likely N-dealkylation sites (N-methyl/N-ethyl adjacent to an activating group) is 1. The summed E-state index contributed by atoms with van der Waals surface area (Å²) in [5, 5.41) is 3.61. The maximum atomic E-state index is 5.71. The van der Waals surface area contributed by atoms with Crippen LogP contribution in [0, 0.1) is 5.92 Å². The normalized spacial score (nSPS) is 24.4. The van der Waals surface area contributed by atoms with Crippen LogP contribution in [0.1, 0.15) is 25.8 Å². The van der Waals surface area contributed by atoms with E-state index >= 15 is 0 Å². The van der Waals surface area contributed by atoms with Gasteiger partial charge in [0, 0.05) is 12.0 Å². The highest BCUT2D eigenvalue weighted by Crippen LogP contribution is 2.25. The third-order valence-electron chi connectivity index (χ3n) is 3.85. The molecule has 0 aromatic heterocycles. The quantitative estimate of drug-likeness (QED) is 0.856. The number of methoxy groups -OCH3 is 1. The van der Waals surface area contributed by atoms with Crippen molar-refractivity contribution in [1.29, 1.82) is 0 Å². The maximum absolute atomic E-state index is 5.71. The van der Waals surface area contributed by atoms with Gasteiger partial charge in [-0.1, -0.05) is 19.1 Å². The lowest BCUT2D eigenvalue weighted by Crippen LogP contribution is -2.38. The van der Waals surface area contributed by atoms with Gasteiger partial charge in [0.1, 0.15) is 5.75 Å². The van der Waals surface area contributed by atoms with E-state index in [0.29, 0.717) is 18.1 Å². The Bertz CT molecular complexity index is 394. The fourth-order valence-electron chi connectivity index (χ4n) is 2.85. The number of nitrogens with one attached hydrogen (secondary N) is 1. The van der Waals surface area contributed by atoms with Gasteiger partial charge in [0.15, 0.2) is 0 Å². The summed E-state index contributed by atoms with van der Waals surface area (Å²) in [5.74, 6) is 1.55. The zero-order chi connectivity index (χ0) is 13.7. The Morgan fingerprint density at radius 3 is 2.95 bits per heavy atom. The molecule has 1 saturated heterocycles. The molecule has 106 valence electrons. The Kier molecular flexibility index (Phi) is 5.23. The summed E-state index contributed by atoms with van der Waals surface area (Å²) in [6.07, 6.45) is 2.59. The largest absolute Gasteiger partial charge is 0.497 e. The summed E-state index contributed by atoms with van der Waals surface area (Å²) < 4.78 is 11.0. The smallest absolute Gasteiger partial charge is 0.119 e. The Morgan fingerprint density at radius 1 is 1.47 bits per heavy atom. The molecule has 1 N–H and O–H groups in total. The molecule has 1 fully saturated rings. The Labute approximate surface area is 116 Å². The number of hydrogen-bond acceptors (Lipinski definition) is 3. The van der Waals surface area contributed by atoms with E-state index in [2.05, 4.69) is 37.4 Å². The summed E-state index contributed by atoms with van der Waals surface area (Å²) in [6, 6.07) is 8.84. The molecular weight excluding hydrogens is 238 g/mol. The minimum atomic E-state index is 0.400. The highest BCUT2D eigenvalue weighted by atomic mass is 16.5. The third-order valence-corrected chi connectivity index (χ3v) is 3.85. The molecule has 3 nitrogen and oxygen atoms in total. The second-order valence-corrected chi connectivity index (χ2v) is 5.36. The van der Waals surface area contributed by atoms with E-state index in [1.165, 1.54) is 5.56 Å². The highest BCUT2D eigenvalue weighted by Gasteiger charge is 2.29. The average Bonchev–Trinajstić information content (AvgIpc) is 2.85. The molecule has 0 saturated carbocycles. The zero-order valence-electron chi connectivity index (χ0n) is 12.2. The van der Waals surface area contributed by atoms with E-state index in [4.69, 9.17) is 9.47 Å². The van der Waals surface area contributed by atoms with E-state index in [1.807, 2.05) is 6.07 Å². The van der Waals surface area contributed by atoms with Crippen LogP contribution in [0.15, 0.2) is 24.3 Å². The van der Waals surface area contributed by atoms with Crippen molar-refractivity contribution >= 4 is 0 Å². The molecule has 3 heteroatoms. The Balaban J connectivity index is 2.02. The van der Waals surface area contributed by atoms with Gasteiger partial charge in [-0.2, -0.15) is 0 Å². The minimum absolute atomic E-state index is 0.400. The SMILES string of the molecule is CCNC(Cc1cccc(OC)c1)C1COC(C)C1. The van der Waals surface area contributed by atoms with E-state index < -0.39 is 0 Å². The monoisotopic (exact) mass is 263 g/mol. The number of benzene rings is 1. The van der Waals surface area contributed by atoms with Crippen molar-refractivity contribution in [2.24, 2.45) is 5.92 Å². The van der Waals surface area contributed by atoms with Crippen molar-refractivity contribution in [2.45, 2.75) is 38.8 Å². The topological polar surface area (TPSA) is 30.5 Å². The standard InChI is InChI=1S/C16H25NO2/c1-4-17-16(14-8-12(2)19-11-14)10-13-6-5-7-15(9-13)18-3/h5-7,9,12,14,16-17H,4,8,10-11H2,1-3H3. The molecule has 0 bridgehead atoms. The minimum Gasteiger partial charge on any atom is -0.497 e. The Morgan fingerprint density at radius 2 is 2.32 bits per heavy atom. The first-order valence-electron chi connectivity index (χ1n) is 7.20. The molecule has 0 amide bonds. The molecule has 0 spiro atoms. The summed E-state index contributed by atoms with van der Waals surface area (Å²) in [4.78, 5) is 0. The molecule has 2 rings (SSSR count). The average molecular weight is 263 g/mol. The van der Waals surface area contributed by atoms with Gasteiger partial charge < -0.3 is 14.8 Å². The van der Waals surface area contributed by atoms with Crippen molar-refractivity contribution in [3.8, 4) is 5.75 Å². The first-order valence-corrected chi connectivity index (χ1v) is 7.20. The van der Waals surface area contributed by atoms with Crippen LogP contribution in [-0.2, 0) is 11.2 Å². The second-order valence-electron chi connectivity index (χ2n) is 5.36. The maximum Gasteiger partial charge on any atom is 0.119 e. The summed E-state index contributed by atoms with van der Waals surface area (Å²) >= 11 is 0. The summed E-state index contributed by atoms with van der Waals surface area (Å²) in [7, 11) is 1.72. The van der Waals surface area contributed by atoms with Crippen molar-refractivity contribution in [3.63, 3.8) is 0 Å². The third kappa shape index (κ3) is 3.95.